The summed E-state index contributed by atoms with van der Waals surface area (Å²) in [4.78, 5) is 11.0. The summed E-state index contributed by atoms with van der Waals surface area (Å²) in [6.07, 6.45) is 1.48. The predicted molar refractivity (Wildman–Crippen MR) is 61.5 cm³/mol. The van der Waals surface area contributed by atoms with Crippen LogP contribution in [0, 0.1) is 0 Å². The van der Waals surface area contributed by atoms with Crippen LogP contribution >= 0.6 is 11.5 Å². The number of phenolic OH excluding ortho intramolecular Hbond substituents is 1. The molecular formula is C11H9NO4S. The molecule has 0 bridgehead atoms. The van der Waals surface area contributed by atoms with E-state index in [0.717, 1.165) is 11.5 Å². The van der Waals surface area contributed by atoms with E-state index < -0.39 is 5.97 Å². The van der Waals surface area contributed by atoms with Crippen molar-refractivity contribution in [2.45, 2.75) is 6.61 Å². The van der Waals surface area contributed by atoms with Crippen molar-refractivity contribution in [1.29, 1.82) is 0 Å². The first kappa shape index (κ1) is 11.4. The molecule has 2 aromatic rings. The Morgan fingerprint density at radius 3 is 2.71 bits per heavy atom. The fourth-order valence-corrected chi connectivity index (χ4v) is 1.83. The van der Waals surface area contributed by atoms with Crippen LogP contribution in [0.25, 0.3) is 0 Å². The highest BCUT2D eigenvalue weighted by atomic mass is 32.1. The average Bonchev–Trinajstić information content (AvgIpc) is 2.76. The van der Waals surface area contributed by atoms with Gasteiger partial charge in [-0.05, 0) is 35.8 Å². The summed E-state index contributed by atoms with van der Waals surface area (Å²) < 4.78 is 9.20. The van der Waals surface area contributed by atoms with Gasteiger partial charge in [-0.25, -0.2) is 4.79 Å². The van der Waals surface area contributed by atoms with Crippen LogP contribution in [-0.2, 0) is 6.61 Å². The van der Waals surface area contributed by atoms with E-state index in [1.807, 2.05) is 0 Å². The molecule has 2 rings (SSSR count). The van der Waals surface area contributed by atoms with E-state index in [1.54, 1.807) is 12.1 Å². The molecule has 1 heterocycles. The van der Waals surface area contributed by atoms with Crippen LogP contribution in [0.15, 0.2) is 30.5 Å². The van der Waals surface area contributed by atoms with E-state index in [0.29, 0.717) is 11.3 Å². The third kappa shape index (κ3) is 2.73. The molecule has 88 valence electrons. The third-order valence-corrected chi connectivity index (χ3v) is 2.90. The summed E-state index contributed by atoms with van der Waals surface area (Å²) in [5.41, 5.74) is 0.538. The van der Waals surface area contributed by atoms with Gasteiger partial charge in [0.15, 0.2) is 0 Å². The van der Waals surface area contributed by atoms with Gasteiger partial charge in [0.1, 0.15) is 23.0 Å². The summed E-state index contributed by atoms with van der Waals surface area (Å²) in [6, 6.07) is 6.21. The Morgan fingerprint density at radius 2 is 2.06 bits per heavy atom. The monoisotopic (exact) mass is 251 g/mol. The molecule has 0 unspecified atom stereocenters. The number of carboxylic acid groups (broad SMARTS) is 1. The standard InChI is InChI=1S/C11H9NO4S/c13-8-1-3-9(4-2-8)16-6-7-5-12-17-10(7)11(14)15/h1-5,13H,6H2,(H,14,15). The summed E-state index contributed by atoms with van der Waals surface area (Å²) in [5, 5.41) is 18.0. The van der Waals surface area contributed by atoms with E-state index in [2.05, 4.69) is 4.37 Å². The smallest absolute Gasteiger partial charge is 0.347 e. The highest BCUT2D eigenvalue weighted by Gasteiger charge is 2.13. The fraction of sp³-hybridized carbons (Fsp3) is 0.0909. The van der Waals surface area contributed by atoms with Crippen LogP contribution in [0.2, 0.25) is 0 Å². The second-order valence-corrected chi connectivity index (χ2v) is 4.07. The minimum Gasteiger partial charge on any atom is -0.508 e. The molecular weight excluding hydrogens is 242 g/mol. The highest BCUT2D eigenvalue weighted by Crippen LogP contribution is 2.19. The predicted octanol–water partition coefficient (Wildman–Crippen LogP) is 2.13. The second kappa shape index (κ2) is 4.84. The fourth-order valence-electron chi connectivity index (χ4n) is 1.24. The van der Waals surface area contributed by atoms with Crippen molar-refractivity contribution < 1.29 is 19.7 Å². The Bertz CT molecular complexity index is 521. The number of carbonyl (C=O) groups is 1. The third-order valence-electron chi connectivity index (χ3n) is 2.07. The van der Waals surface area contributed by atoms with Crippen molar-refractivity contribution in [3.8, 4) is 11.5 Å². The molecule has 1 aromatic carbocycles. The lowest BCUT2D eigenvalue weighted by Gasteiger charge is -2.05. The van der Waals surface area contributed by atoms with Crippen LogP contribution in [-0.4, -0.2) is 20.6 Å². The molecule has 2 N–H and O–H groups in total. The number of rotatable bonds is 4. The molecule has 0 atom stereocenters. The average molecular weight is 251 g/mol. The molecule has 0 spiro atoms. The van der Waals surface area contributed by atoms with E-state index in [9.17, 15) is 4.79 Å². The van der Waals surface area contributed by atoms with Crippen molar-refractivity contribution >= 4 is 17.5 Å². The SMILES string of the molecule is O=C(O)c1sncc1COc1ccc(O)cc1. The molecule has 6 heteroatoms. The van der Waals surface area contributed by atoms with Crippen molar-refractivity contribution in [2.75, 3.05) is 0 Å². The van der Waals surface area contributed by atoms with E-state index in [4.69, 9.17) is 14.9 Å². The summed E-state index contributed by atoms with van der Waals surface area (Å²) >= 11 is 0.926. The van der Waals surface area contributed by atoms with Gasteiger partial charge in [0.25, 0.3) is 0 Å². The molecule has 0 saturated carbocycles. The minimum atomic E-state index is -1.00. The lowest BCUT2D eigenvalue weighted by molar-refractivity contribution is 0.0699. The molecule has 0 amide bonds. The van der Waals surface area contributed by atoms with Gasteiger partial charge in [0, 0.05) is 11.8 Å². The van der Waals surface area contributed by atoms with E-state index in [-0.39, 0.29) is 17.2 Å². The number of aromatic nitrogens is 1. The molecule has 0 saturated heterocycles. The number of hydrogen-bond acceptors (Lipinski definition) is 5. The summed E-state index contributed by atoms with van der Waals surface area (Å²) in [6.45, 7) is 0.142. The van der Waals surface area contributed by atoms with Crippen LogP contribution in [0.3, 0.4) is 0 Å². The second-order valence-electron chi connectivity index (χ2n) is 3.27. The van der Waals surface area contributed by atoms with Gasteiger partial charge in [-0.3, -0.25) is 0 Å². The van der Waals surface area contributed by atoms with Gasteiger partial charge in [-0.1, -0.05) is 0 Å². The van der Waals surface area contributed by atoms with Crippen LogP contribution in [0.4, 0.5) is 0 Å². The highest BCUT2D eigenvalue weighted by molar-refractivity contribution is 7.08. The van der Waals surface area contributed by atoms with Crippen LogP contribution in [0.1, 0.15) is 15.2 Å². The molecule has 0 aliphatic rings. The zero-order chi connectivity index (χ0) is 12.3. The lowest BCUT2D eigenvalue weighted by Crippen LogP contribution is -2.01. The molecule has 17 heavy (non-hydrogen) atoms. The van der Waals surface area contributed by atoms with E-state index in [1.165, 1.54) is 18.3 Å². The number of benzene rings is 1. The van der Waals surface area contributed by atoms with Gasteiger partial charge in [-0.15, -0.1) is 0 Å². The zero-order valence-electron chi connectivity index (χ0n) is 8.66. The molecule has 5 nitrogen and oxygen atoms in total. The van der Waals surface area contributed by atoms with Crippen molar-refractivity contribution in [3.63, 3.8) is 0 Å². The van der Waals surface area contributed by atoms with Crippen molar-refractivity contribution in [2.24, 2.45) is 0 Å². The quantitative estimate of drug-likeness (QED) is 0.870. The maximum atomic E-state index is 10.8. The normalized spacial score (nSPS) is 10.1. The topological polar surface area (TPSA) is 79.7 Å². The number of aromatic carboxylic acids is 1. The molecule has 0 aliphatic heterocycles. The Hall–Kier alpha value is -2.08. The molecule has 0 fully saturated rings. The van der Waals surface area contributed by atoms with Crippen LogP contribution < -0.4 is 4.74 Å². The number of phenols is 1. The van der Waals surface area contributed by atoms with Gasteiger partial charge >= 0.3 is 5.97 Å². The van der Waals surface area contributed by atoms with Crippen molar-refractivity contribution in [3.05, 3.63) is 40.9 Å². The number of nitrogens with zero attached hydrogens (tertiary/aromatic N) is 1. The van der Waals surface area contributed by atoms with Crippen molar-refractivity contribution in [1.82, 2.24) is 4.37 Å². The molecule has 0 radical (unpaired) electrons. The van der Waals surface area contributed by atoms with Gasteiger partial charge in [-0.2, -0.15) is 4.37 Å². The summed E-state index contributed by atoms with van der Waals surface area (Å²) in [5.74, 6) is -0.289. The maximum absolute atomic E-state index is 10.8. The van der Waals surface area contributed by atoms with Gasteiger partial charge in [0.2, 0.25) is 0 Å². The van der Waals surface area contributed by atoms with Gasteiger partial charge in [0.05, 0.1) is 0 Å². The first-order valence-corrected chi connectivity index (χ1v) is 5.53. The number of ether oxygens (including phenoxy) is 1. The summed E-state index contributed by atoms with van der Waals surface area (Å²) in [7, 11) is 0. The molecule has 1 aromatic heterocycles. The lowest BCUT2D eigenvalue weighted by atomic mass is 10.3. The Balaban J connectivity index is 2.05. The van der Waals surface area contributed by atoms with Gasteiger partial charge < -0.3 is 14.9 Å². The Kier molecular flexibility index (Phi) is 3.24. The van der Waals surface area contributed by atoms with Crippen LogP contribution in [0.5, 0.6) is 11.5 Å². The van der Waals surface area contributed by atoms with E-state index >= 15 is 0 Å². The first-order chi connectivity index (χ1) is 8.16. The molecule has 0 aliphatic carbocycles. The zero-order valence-corrected chi connectivity index (χ0v) is 9.48. The largest absolute Gasteiger partial charge is 0.508 e. The Labute approximate surface area is 101 Å². The maximum Gasteiger partial charge on any atom is 0.347 e. The first-order valence-electron chi connectivity index (χ1n) is 4.75. The Morgan fingerprint density at radius 1 is 1.35 bits per heavy atom. The number of hydrogen-bond donors (Lipinski definition) is 2. The minimum absolute atomic E-state index is 0.142. The number of aromatic hydroxyl groups is 1. The number of carboxylic acids is 1.